The van der Waals surface area contributed by atoms with Gasteiger partial charge in [-0.3, -0.25) is 9.59 Å². The van der Waals surface area contributed by atoms with E-state index in [1.165, 1.54) is 17.8 Å². The Morgan fingerprint density at radius 1 is 1.16 bits per heavy atom. The summed E-state index contributed by atoms with van der Waals surface area (Å²) in [4.78, 5) is 37.8. The van der Waals surface area contributed by atoms with Crippen LogP contribution in [0.1, 0.15) is 16.8 Å². The minimum absolute atomic E-state index is 0.0111. The van der Waals surface area contributed by atoms with E-state index >= 15 is 0 Å². The van der Waals surface area contributed by atoms with E-state index in [0.29, 0.717) is 5.69 Å². The van der Waals surface area contributed by atoms with Gasteiger partial charge in [0, 0.05) is 17.0 Å². The molecule has 128 valence electrons. The number of nitrogens with two attached hydrogens (primary N) is 1. The molecule has 25 heavy (non-hydrogen) atoms. The number of nitrogens with zero attached hydrogens (tertiary/aromatic N) is 1. The number of phenols is 1. The molecule has 1 aliphatic heterocycles. The first-order valence-electron chi connectivity index (χ1n) is 7.32. The second kappa shape index (κ2) is 6.48. The van der Waals surface area contributed by atoms with Gasteiger partial charge in [0.1, 0.15) is 11.3 Å². The highest BCUT2D eigenvalue weighted by atomic mass is 32.2. The van der Waals surface area contributed by atoms with E-state index in [0.717, 1.165) is 21.9 Å². The summed E-state index contributed by atoms with van der Waals surface area (Å²) in [7, 11) is 0. The van der Waals surface area contributed by atoms with Gasteiger partial charge in [0.25, 0.3) is 0 Å². The van der Waals surface area contributed by atoms with Gasteiger partial charge in [0.05, 0.1) is 10.9 Å². The second-order valence-corrected chi connectivity index (χ2v) is 6.73. The zero-order valence-electron chi connectivity index (χ0n) is 12.9. The Kier molecular flexibility index (Phi) is 4.37. The highest BCUT2D eigenvalue weighted by molar-refractivity contribution is 8.00. The van der Waals surface area contributed by atoms with Gasteiger partial charge in [-0.15, -0.1) is 11.8 Å². The van der Waals surface area contributed by atoms with E-state index in [-0.39, 0.29) is 17.7 Å². The number of carboxylic acids is 1. The number of hydrogen-bond donors (Lipinski definition) is 3. The largest absolute Gasteiger partial charge is 0.507 e. The third-order valence-corrected chi connectivity index (χ3v) is 4.93. The molecule has 0 spiro atoms. The quantitative estimate of drug-likeness (QED) is 0.565. The zero-order chi connectivity index (χ0) is 18.1. The molecule has 1 fully saturated rings. The van der Waals surface area contributed by atoms with Crippen LogP contribution in [0.2, 0.25) is 0 Å². The number of aromatic carboxylic acids is 1. The molecule has 7 nitrogen and oxygen atoms in total. The molecule has 3 rings (SSSR count). The lowest BCUT2D eigenvalue weighted by molar-refractivity contribution is -0.121. The van der Waals surface area contributed by atoms with Gasteiger partial charge >= 0.3 is 5.97 Å². The lowest BCUT2D eigenvalue weighted by Gasteiger charge is -2.16. The Morgan fingerprint density at radius 3 is 2.48 bits per heavy atom. The number of thioether (sulfide) groups is 1. The Balaban J connectivity index is 1.85. The molecule has 4 N–H and O–H groups in total. The van der Waals surface area contributed by atoms with Crippen molar-refractivity contribution in [1.29, 1.82) is 0 Å². The molecule has 1 heterocycles. The van der Waals surface area contributed by atoms with Crippen molar-refractivity contribution >= 4 is 40.9 Å². The van der Waals surface area contributed by atoms with Gasteiger partial charge in [-0.25, -0.2) is 9.69 Å². The van der Waals surface area contributed by atoms with Gasteiger partial charge in [-0.1, -0.05) is 0 Å². The highest BCUT2D eigenvalue weighted by Crippen LogP contribution is 2.35. The number of aromatic hydroxyl groups is 1. The average molecular weight is 358 g/mol. The van der Waals surface area contributed by atoms with Crippen molar-refractivity contribution in [2.75, 3.05) is 10.6 Å². The molecule has 1 aliphatic rings. The van der Waals surface area contributed by atoms with E-state index in [4.69, 9.17) is 10.8 Å². The summed E-state index contributed by atoms with van der Waals surface area (Å²) < 4.78 is 0. The summed E-state index contributed by atoms with van der Waals surface area (Å²) in [6.07, 6.45) is 0.0111. The normalized spacial score (nSPS) is 17.1. The van der Waals surface area contributed by atoms with Crippen molar-refractivity contribution in [3.05, 3.63) is 48.0 Å². The SMILES string of the molecule is Nc1ccc(SC2CC(=O)N(c3ccc(O)c(C(=O)O)c3)C2=O)cc1. The molecule has 2 amide bonds. The van der Waals surface area contributed by atoms with Crippen LogP contribution >= 0.6 is 11.8 Å². The first-order valence-corrected chi connectivity index (χ1v) is 8.20. The number of hydrogen-bond acceptors (Lipinski definition) is 6. The first kappa shape index (κ1) is 16.8. The van der Waals surface area contributed by atoms with Crippen molar-refractivity contribution in [1.82, 2.24) is 0 Å². The number of nitrogen functional groups attached to an aromatic ring is 1. The maximum atomic E-state index is 12.6. The summed E-state index contributed by atoms with van der Waals surface area (Å²) in [5.74, 6) is -2.61. The molecule has 8 heteroatoms. The number of carboxylic acid groups (broad SMARTS) is 1. The van der Waals surface area contributed by atoms with Crippen LogP contribution in [0.15, 0.2) is 47.4 Å². The molecule has 0 radical (unpaired) electrons. The summed E-state index contributed by atoms with van der Waals surface area (Å²) >= 11 is 1.25. The topological polar surface area (TPSA) is 121 Å². The van der Waals surface area contributed by atoms with Crippen LogP contribution in [-0.4, -0.2) is 33.2 Å². The smallest absolute Gasteiger partial charge is 0.339 e. The van der Waals surface area contributed by atoms with Crippen molar-refractivity contribution in [2.24, 2.45) is 0 Å². The second-order valence-electron chi connectivity index (χ2n) is 5.45. The fraction of sp³-hybridized carbons (Fsp3) is 0.118. The Bertz CT molecular complexity index is 866. The third-order valence-electron chi connectivity index (χ3n) is 3.73. The van der Waals surface area contributed by atoms with E-state index in [1.54, 1.807) is 24.3 Å². The molecule has 0 bridgehead atoms. The molecule has 1 atom stereocenters. The molecule has 0 aromatic heterocycles. The minimum Gasteiger partial charge on any atom is -0.507 e. The number of benzene rings is 2. The van der Waals surface area contributed by atoms with Crippen molar-refractivity contribution in [2.45, 2.75) is 16.6 Å². The van der Waals surface area contributed by atoms with Gasteiger partial charge < -0.3 is 15.9 Å². The van der Waals surface area contributed by atoms with Crippen LogP contribution in [0.5, 0.6) is 5.75 Å². The molecule has 1 saturated heterocycles. The Labute approximate surface area is 147 Å². The molecular formula is C17H14N2O5S. The summed E-state index contributed by atoms with van der Waals surface area (Å²) in [5.41, 5.74) is 5.99. The predicted octanol–water partition coefficient (Wildman–Crippen LogP) is 2.10. The molecule has 2 aromatic rings. The molecule has 2 aromatic carbocycles. The van der Waals surface area contributed by atoms with Crippen LogP contribution in [0.3, 0.4) is 0 Å². The minimum atomic E-state index is -1.34. The summed E-state index contributed by atoms with van der Waals surface area (Å²) in [6, 6.07) is 10.6. The molecule has 1 unspecified atom stereocenters. The maximum absolute atomic E-state index is 12.6. The third kappa shape index (κ3) is 3.29. The van der Waals surface area contributed by atoms with E-state index in [1.807, 2.05) is 0 Å². The fourth-order valence-electron chi connectivity index (χ4n) is 2.51. The molecular weight excluding hydrogens is 344 g/mol. The Hall–Kier alpha value is -3.00. The first-order chi connectivity index (χ1) is 11.9. The standard InChI is InChI=1S/C17H14N2O5S/c18-9-1-4-11(5-2-9)25-14-8-15(21)19(16(14)22)10-3-6-13(20)12(7-10)17(23)24/h1-7,14,20H,8,18H2,(H,23,24). The van der Waals surface area contributed by atoms with Gasteiger partial charge in [0.2, 0.25) is 11.8 Å². The zero-order valence-corrected chi connectivity index (χ0v) is 13.7. The van der Waals surface area contributed by atoms with Crippen LogP contribution < -0.4 is 10.6 Å². The summed E-state index contributed by atoms with van der Waals surface area (Å²) in [6.45, 7) is 0. The molecule has 0 aliphatic carbocycles. The van der Waals surface area contributed by atoms with Crippen LogP contribution in [-0.2, 0) is 9.59 Å². The molecule has 0 saturated carbocycles. The number of carbonyl (C=O) groups excluding carboxylic acids is 2. The van der Waals surface area contributed by atoms with E-state index in [2.05, 4.69) is 0 Å². The van der Waals surface area contributed by atoms with Crippen molar-refractivity contribution in [3.8, 4) is 5.75 Å². The lowest BCUT2D eigenvalue weighted by Crippen LogP contribution is -2.31. The average Bonchev–Trinajstić information content (AvgIpc) is 2.84. The maximum Gasteiger partial charge on any atom is 0.339 e. The van der Waals surface area contributed by atoms with E-state index in [9.17, 15) is 19.5 Å². The van der Waals surface area contributed by atoms with Crippen LogP contribution in [0.25, 0.3) is 0 Å². The van der Waals surface area contributed by atoms with Crippen molar-refractivity contribution < 1.29 is 24.6 Å². The van der Waals surface area contributed by atoms with Crippen LogP contribution in [0.4, 0.5) is 11.4 Å². The monoisotopic (exact) mass is 358 g/mol. The summed E-state index contributed by atoms with van der Waals surface area (Å²) in [5, 5.41) is 18.0. The Morgan fingerprint density at radius 2 is 1.84 bits per heavy atom. The number of imide groups is 1. The van der Waals surface area contributed by atoms with Gasteiger partial charge in [-0.05, 0) is 42.5 Å². The van der Waals surface area contributed by atoms with E-state index < -0.39 is 28.8 Å². The lowest BCUT2D eigenvalue weighted by atomic mass is 10.1. The predicted molar refractivity (Wildman–Crippen MR) is 92.7 cm³/mol. The highest BCUT2D eigenvalue weighted by Gasteiger charge is 2.40. The van der Waals surface area contributed by atoms with Crippen molar-refractivity contribution in [3.63, 3.8) is 0 Å². The number of amides is 2. The number of anilines is 2. The number of carbonyl (C=O) groups is 3. The van der Waals surface area contributed by atoms with Gasteiger partial charge in [-0.2, -0.15) is 0 Å². The fourth-order valence-corrected chi connectivity index (χ4v) is 3.57. The van der Waals surface area contributed by atoms with Gasteiger partial charge in [0.15, 0.2) is 0 Å². The number of rotatable bonds is 4. The van der Waals surface area contributed by atoms with Crippen LogP contribution in [0, 0.1) is 0 Å².